The molecule has 102 valence electrons. The van der Waals surface area contributed by atoms with E-state index in [1.807, 2.05) is 13.8 Å². The second-order valence-electron chi connectivity index (χ2n) is 3.74. The number of rotatable bonds is 8. The molecule has 17 heavy (non-hydrogen) atoms. The maximum Gasteiger partial charge on any atom is 0.321 e. The SMILES string of the molecule is CCN(CC(=O)OC)S(=O)(=O)CCOC(C)C. The van der Waals surface area contributed by atoms with Gasteiger partial charge in [-0.05, 0) is 13.8 Å². The lowest BCUT2D eigenvalue weighted by atomic mass is 10.5. The molecule has 0 bridgehead atoms. The number of hydrogen-bond donors (Lipinski definition) is 0. The molecule has 0 N–H and O–H groups in total. The molecule has 0 radical (unpaired) electrons. The van der Waals surface area contributed by atoms with Crippen LogP contribution in [0.1, 0.15) is 20.8 Å². The fourth-order valence-electron chi connectivity index (χ4n) is 1.13. The number of carbonyl (C=O) groups excluding carboxylic acids is 1. The van der Waals surface area contributed by atoms with Crippen molar-refractivity contribution in [3.05, 3.63) is 0 Å². The lowest BCUT2D eigenvalue weighted by Crippen LogP contribution is -2.38. The minimum atomic E-state index is -3.47. The van der Waals surface area contributed by atoms with Gasteiger partial charge in [-0.1, -0.05) is 6.92 Å². The topological polar surface area (TPSA) is 72.9 Å². The first kappa shape index (κ1) is 16.3. The molecule has 0 saturated heterocycles. The zero-order chi connectivity index (χ0) is 13.5. The molecule has 0 fully saturated rings. The molecule has 0 rings (SSSR count). The highest BCUT2D eigenvalue weighted by Gasteiger charge is 2.23. The van der Waals surface area contributed by atoms with E-state index in [0.29, 0.717) is 0 Å². The Kier molecular flexibility index (Phi) is 7.33. The van der Waals surface area contributed by atoms with Gasteiger partial charge in [0, 0.05) is 6.54 Å². The smallest absolute Gasteiger partial charge is 0.321 e. The maximum absolute atomic E-state index is 11.8. The average Bonchev–Trinajstić information content (AvgIpc) is 2.24. The molecule has 0 spiro atoms. The average molecular weight is 267 g/mol. The summed E-state index contributed by atoms with van der Waals surface area (Å²) in [5, 5.41) is 0. The van der Waals surface area contributed by atoms with E-state index < -0.39 is 16.0 Å². The molecule has 0 aliphatic rings. The van der Waals surface area contributed by atoms with E-state index in [9.17, 15) is 13.2 Å². The Morgan fingerprint density at radius 1 is 1.35 bits per heavy atom. The molecule has 0 unspecified atom stereocenters. The van der Waals surface area contributed by atoms with Crippen molar-refractivity contribution >= 4 is 16.0 Å². The Hall–Kier alpha value is -0.660. The number of ether oxygens (including phenoxy) is 2. The van der Waals surface area contributed by atoms with Crippen molar-refractivity contribution in [2.75, 3.05) is 32.6 Å². The lowest BCUT2D eigenvalue weighted by molar-refractivity contribution is -0.140. The highest BCUT2D eigenvalue weighted by atomic mass is 32.2. The van der Waals surface area contributed by atoms with Crippen LogP contribution < -0.4 is 0 Å². The van der Waals surface area contributed by atoms with Crippen LogP contribution in [0, 0.1) is 0 Å². The number of sulfonamides is 1. The van der Waals surface area contributed by atoms with E-state index in [4.69, 9.17) is 4.74 Å². The molecular weight excluding hydrogens is 246 g/mol. The van der Waals surface area contributed by atoms with Crippen LogP contribution in [-0.2, 0) is 24.3 Å². The van der Waals surface area contributed by atoms with E-state index in [2.05, 4.69) is 4.74 Å². The minimum absolute atomic E-state index is 0.0131. The van der Waals surface area contributed by atoms with E-state index in [0.717, 1.165) is 4.31 Å². The second kappa shape index (κ2) is 7.62. The van der Waals surface area contributed by atoms with Gasteiger partial charge >= 0.3 is 5.97 Å². The van der Waals surface area contributed by atoms with E-state index in [-0.39, 0.29) is 31.6 Å². The minimum Gasteiger partial charge on any atom is -0.468 e. The fraction of sp³-hybridized carbons (Fsp3) is 0.900. The van der Waals surface area contributed by atoms with Gasteiger partial charge < -0.3 is 9.47 Å². The predicted octanol–water partition coefficient (Wildman–Crippen LogP) is 0.236. The van der Waals surface area contributed by atoms with Crippen LogP contribution in [0.25, 0.3) is 0 Å². The van der Waals surface area contributed by atoms with Crippen LogP contribution in [-0.4, -0.2) is 57.4 Å². The highest BCUT2D eigenvalue weighted by molar-refractivity contribution is 7.89. The third-order valence-electron chi connectivity index (χ3n) is 2.07. The molecule has 7 heteroatoms. The summed E-state index contributed by atoms with van der Waals surface area (Å²) < 4.78 is 34.4. The van der Waals surface area contributed by atoms with E-state index in [1.165, 1.54) is 7.11 Å². The summed E-state index contributed by atoms with van der Waals surface area (Å²) in [7, 11) is -2.24. The van der Waals surface area contributed by atoms with Gasteiger partial charge in [0.05, 0.1) is 25.6 Å². The summed E-state index contributed by atoms with van der Waals surface area (Å²) >= 11 is 0. The van der Waals surface area contributed by atoms with Crippen molar-refractivity contribution in [3.63, 3.8) is 0 Å². The summed E-state index contributed by atoms with van der Waals surface area (Å²) in [6.45, 7) is 5.44. The first-order valence-corrected chi connectivity index (χ1v) is 7.10. The summed E-state index contributed by atoms with van der Waals surface area (Å²) in [5.74, 6) is -0.698. The highest BCUT2D eigenvalue weighted by Crippen LogP contribution is 2.02. The van der Waals surface area contributed by atoms with Gasteiger partial charge in [-0.2, -0.15) is 4.31 Å². The van der Waals surface area contributed by atoms with E-state index >= 15 is 0 Å². The van der Waals surface area contributed by atoms with E-state index in [1.54, 1.807) is 6.92 Å². The first-order valence-electron chi connectivity index (χ1n) is 5.49. The molecule has 0 aromatic carbocycles. The molecule has 0 heterocycles. The zero-order valence-corrected chi connectivity index (χ0v) is 11.6. The van der Waals surface area contributed by atoms with Crippen molar-refractivity contribution < 1.29 is 22.7 Å². The molecule has 0 aliphatic heterocycles. The molecule has 0 saturated carbocycles. The number of methoxy groups -OCH3 is 1. The summed E-state index contributed by atoms with van der Waals surface area (Å²) in [5.41, 5.74) is 0. The number of nitrogens with zero attached hydrogens (tertiary/aromatic N) is 1. The van der Waals surface area contributed by atoms with Crippen LogP contribution >= 0.6 is 0 Å². The van der Waals surface area contributed by atoms with Crippen LogP contribution in [0.2, 0.25) is 0 Å². The van der Waals surface area contributed by atoms with Gasteiger partial charge in [0.15, 0.2) is 0 Å². The van der Waals surface area contributed by atoms with Crippen molar-refractivity contribution in [3.8, 4) is 0 Å². The molecule has 0 aliphatic carbocycles. The van der Waals surface area contributed by atoms with Crippen molar-refractivity contribution in [1.29, 1.82) is 0 Å². The zero-order valence-electron chi connectivity index (χ0n) is 10.8. The fourth-order valence-corrected chi connectivity index (χ4v) is 2.39. The second-order valence-corrected chi connectivity index (χ2v) is 5.83. The lowest BCUT2D eigenvalue weighted by Gasteiger charge is -2.19. The van der Waals surface area contributed by atoms with Gasteiger partial charge in [0.1, 0.15) is 6.54 Å². The Morgan fingerprint density at radius 3 is 2.35 bits per heavy atom. The van der Waals surface area contributed by atoms with Gasteiger partial charge in [-0.15, -0.1) is 0 Å². The summed E-state index contributed by atoms with van der Waals surface area (Å²) in [4.78, 5) is 11.1. The Morgan fingerprint density at radius 2 is 1.94 bits per heavy atom. The standard InChI is InChI=1S/C10H21NO5S/c1-5-11(8-10(12)15-4)17(13,14)7-6-16-9(2)3/h9H,5-8H2,1-4H3. The van der Waals surface area contributed by atoms with Crippen molar-refractivity contribution in [2.24, 2.45) is 0 Å². The van der Waals surface area contributed by atoms with Crippen molar-refractivity contribution in [2.45, 2.75) is 26.9 Å². The third kappa shape index (κ3) is 6.60. The summed E-state index contributed by atoms with van der Waals surface area (Å²) in [6.07, 6.45) is -0.0131. The van der Waals surface area contributed by atoms with Gasteiger partial charge in [-0.25, -0.2) is 8.42 Å². The number of hydrogen-bond acceptors (Lipinski definition) is 5. The van der Waals surface area contributed by atoms with Gasteiger partial charge in [0.2, 0.25) is 10.0 Å². The number of carbonyl (C=O) groups is 1. The molecule has 0 amide bonds. The van der Waals surface area contributed by atoms with Crippen LogP contribution in [0.4, 0.5) is 0 Å². The van der Waals surface area contributed by atoms with Gasteiger partial charge in [-0.3, -0.25) is 4.79 Å². The van der Waals surface area contributed by atoms with Crippen LogP contribution in [0.3, 0.4) is 0 Å². The predicted molar refractivity (Wildman–Crippen MR) is 64.1 cm³/mol. The monoisotopic (exact) mass is 267 g/mol. The molecule has 0 atom stereocenters. The van der Waals surface area contributed by atoms with Gasteiger partial charge in [0.25, 0.3) is 0 Å². The molecule has 0 aromatic rings. The largest absolute Gasteiger partial charge is 0.468 e. The Balaban J connectivity index is 4.38. The first-order chi connectivity index (χ1) is 7.83. The Labute approximate surface area is 103 Å². The molecular formula is C10H21NO5S. The normalized spacial score (nSPS) is 12.1. The molecule has 6 nitrogen and oxygen atoms in total. The number of esters is 1. The number of likely N-dealkylation sites (N-methyl/N-ethyl adjacent to an activating group) is 1. The quantitative estimate of drug-likeness (QED) is 0.589. The van der Waals surface area contributed by atoms with Crippen LogP contribution in [0.15, 0.2) is 0 Å². The third-order valence-corrected chi connectivity index (χ3v) is 3.93. The maximum atomic E-state index is 11.8. The van der Waals surface area contributed by atoms with Crippen LogP contribution in [0.5, 0.6) is 0 Å². The Bertz CT molecular complexity index is 326. The summed E-state index contributed by atoms with van der Waals surface area (Å²) in [6, 6.07) is 0. The molecule has 0 aromatic heterocycles. The van der Waals surface area contributed by atoms with Crippen molar-refractivity contribution in [1.82, 2.24) is 4.31 Å².